The second-order valence-corrected chi connectivity index (χ2v) is 5.58. The number of rotatable bonds is 9. The van der Waals surface area contributed by atoms with Crippen molar-refractivity contribution in [2.75, 3.05) is 6.61 Å². The molecule has 0 spiro atoms. The topological polar surface area (TPSA) is 60.2 Å². The van der Waals surface area contributed by atoms with Crippen molar-refractivity contribution < 1.29 is 18.3 Å². The maximum absolute atomic E-state index is 12.6. The van der Waals surface area contributed by atoms with Crippen molar-refractivity contribution in [1.82, 2.24) is 9.88 Å². The number of alkyl halides is 3. The van der Waals surface area contributed by atoms with E-state index in [-0.39, 0.29) is 12.6 Å². The van der Waals surface area contributed by atoms with Crippen LogP contribution in [0.25, 0.3) is 0 Å². The molecule has 0 aliphatic carbocycles. The fourth-order valence-corrected chi connectivity index (χ4v) is 2.45. The SMILES string of the molecule is C/C=C/C(=C\N(C=N)C(CC)CCO)Cc1ccc(C(F)(F)F)nc1. The number of hydrogen-bond acceptors (Lipinski definition) is 3. The first-order chi connectivity index (χ1) is 11.8. The average Bonchev–Trinajstić information content (AvgIpc) is 2.57. The van der Waals surface area contributed by atoms with Gasteiger partial charge in [-0.2, -0.15) is 13.2 Å². The molecule has 0 saturated carbocycles. The first kappa shape index (κ1) is 20.9. The number of pyridine rings is 1. The molecular formula is C18H24F3N3O. The van der Waals surface area contributed by atoms with E-state index in [1.54, 1.807) is 11.1 Å². The minimum Gasteiger partial charge on any atom is -0.396 e. The molecule has 25 heavy (non-hydrogen) atoms. The molecular weight excluding hydrogens is 331 g/mol. The summed E-state index contributed by atoms with van der Waals surface area (Å²) < 4.78 is 37.8. The number of nitrogens with one attached hydrogen (secondary N) is 1. The molecule has 0 aromatic carbocycles. The molecule has 0 saturated heterocycles. The zero-order valence-corrected chi connectivity index (χ0v) is 14.4. The van der Waals surface area contributed by atoms with Gasteiger partial charge >= 0.3 is 6.18 Å². The lowest BCUT2D eigenvalue weighted by Gasteiger charge is -2.25. The highest BCUT2D eigenvalue weighted by Crippen LogP contribution is 2.27. The van der Waals surface area contributed by atoms with Crippen molar-refractivity contribution in [2.45, 2.75) is 45.3 Å². The van der Waals surface area contributed by atoms with Crippen LogP contribution in [-0.4, -0.2) is 34.0 Å². The summed E-state index contributed by atoms with van der Waals surface area (Å²) in [5, 5.41) is 16.7. The third-order valence-corrected chi connectivity index (χ3v) is 3.72. The van der Waals surface area contributed by atoms with Crippen LogP contribution >= 0.6 is 0 Å². The Kier molecular flexibility index (Phi) is 8.34. The summed E-state index contributed by atoms with van der Waals surface area (Å²) in [6, 6.07) is 2.37. The van der Waals surface area contributed by atoms with Crippen molar-refractivity contribution >= 4 is 6.34 Å². The van der Waals surface area contributed by atoms with E-state index in [2.05, 4.69) is 4.98 Å². The molecule has 0 aliphatic heterocycles. The number of halogens is 3. The minimum absolute atomic E-state index is 0.00603. The van der Waals surface area contributed by atoms with Crippen LogP contribution in [0.3, 0.4) is 0 Å². The van der Waals surface area contributed by atoms with Gasteiger partial charge in [-0.15, -0.1) is 0 Å². The average molecular weight is 355 g/mol. The van der Waals surface area contributed by atoms with E-state index in [9.17, 15) is 13.2 Å². The summed E-state index contributed by atoms with van der Waals surface area (Å²) in [7, 11) is 0. The standard InChI is InChI=1S/C18H24F3N3O/c1-3-5-15(12-24(13-22)16(4-2)8-9-25)10-14-6-7-17(23-11-14)18(19,20)21/h3,5-7,11-13,16,22,25H,4,8-10H2,1-2H3/b5-3+,15-12+,22-13?. The molecule has 138 valence electrons. The van der Waals surface area contributed by atoms with Gasteiger partial charge in [0, 0.05) is 31.5 Å². The fourth-order valence-electron chi connectivity index (χ4n) is 2.45. The zero-order valence-electron chi connectivity index (χ0n) is 14.4. The lowest BCUT2D eigenvalue weighted by molar-refractivity contribution is -0.141. The second-order valence-electron chi connectivity index (χ2n) is 5.58. The van der Waals surface area contributed by atoms with Crippen molar-refractivity contribution in [3.8, 4) is 0 Å². The van der Waals surface area contributed by atoms with E-state index in [1.165, 1.54) is 18.6 Å². The van der Waals surface area contributed by atoms with E-state index in [0.29, 0.717) is 18.4 Å². The molecule has 1 rings (SSSR count). The Balaban J connectivity index is 3.00. The van der Waals surface area contributed by atoms with Gasteiger partial charge in [0.05, 0.1) is 6.34 Å². The maximum atomic E-state index is 12.6. The number of aromatic nitrogens is 1. The molecule has 7 heteroatoms. The minimum atomic E-state index is -4.45. The smallest absolute Gasteiger partial charge is 0.396 e. The fraction of sp³-hybridized carbons (Fsp3) is 0.444. The Morgan fingerprint density at radius 2 is 2.12 bits per heavy atom. The zero-order chi connectivity index (χ0) is 18.9. The van der Waals surface area contributed by atoms with Crippen LogP contribution in [0.15, 0.2) is 42.3 Å². The van der Waals surface area contributed by atoms with E-state index >= 15 is 0 Å². The van der Waals surface area contributed by atoms with E-state index in [1.807, 2.05) is 26.0 Å². The largest absolute Gasteiger partial charge is 0.433 e. The van der Waals surface area contributed by atoms with Gasteiger partial charge in [0.1, 0.15) is 5.69 Å². The summed E-state index contributed by atoms with van der Waals surface area (Å²) in [6.07, 6.45) is 5.13. The molecule has 1 unspecified atom stereocenters. The highest BCUT2D eigenvalue weighted by molar-refractivity contribution is 5.54. The third-order valence-electron chi connectivity index (χ3n) is 3.72. The molecule has 0 radical (unpaired) electrons. The molecule has 4 nitrogen and oxygen atoms in total. The van der Waals surface area contributed by atoms with Crippen LogP contribution in [0, 0.1) is 5.41 Å². The van der Waals surface area contributed by atoms with E-state index in [4.69, 9.17) is 10.5 Å². The molecule has 1 aromatic heterocycles. The Morgan fingerprint density at radius 1 is 1.40 bits per heavy atom. The lowest BCUT2D eigenvalue weighted by atomic mass is 10.1. The van der Waals surface area contributed by atoms with Crippen LogP contribution in [0.1, 0.15) is 37.9 Å². The van der Waals surface area contributed by atoms with Gasteiger partial charge in [0.2, 0.25) is 0 Å². The Hall–Kier alpha value is -2.15. The van der Waals surface area contributed by atoms with Crippen molar-refractivity contribution in [3.05, 3.63) is 53.5 Å². The summed E-state index contributed by atoms with van der Waals surface area (Å²) in [6.45, 7) is 3.84. The summed E-state index contributed by atoms with van der Waals surface area (Å²) in [4.78, 5) is 5.19. The number of allylic oxidation sites excluding steroid dienone is 3. The predicted octanol–water partition coefficient (Wildman–Crippen LogP) is 4.17. The Morgan fingerprint density at radius 3 is 2.56 bits per heavy atom. The molecule has 0 amide bonds. The molecule has 2 N–H and O–H groups in total. The van der Waals surface area contributed by atoms with Gasteiger partial charge in [-0.3, -0.25) is 10.4 Å². The highest BCUT2D eigenvalue weighted by Gasteiger charge is 2.31. The van der Waals surface area contributed by atoms with Gasteiger partial charge in [0.25, 0.3) is 0 Å². The van der Waals surface area contributed by atoms with Gasteiger partial charge in [-0.05, 0) is 37.0 Å². The lowest BCUT2D eigenvalue weighted by Crippen LogP contribution is -2.30. The molecule has 0 bridgehead atoms. The number of aliphatic hydroxyl groups excluding tert-OH is 1. The van der Waals surface area contributed by atoms with Crippen LogP contribution < -0.4 is 0 Å². The summed E-state index contributed by atoms with van der Waals surface area (Å²) >= 11 is 0. The number of hydrogen-bond donors (Lipinski definition) is 2. The van der Waals surface area contributed by atoms with Crippen LogP contribution in [-0.2, 0) is 12.6 Å². The second kappa shape index (κ2) is 9.98. The van der Waals surface area contributed by atoms with E-state index < -0.39 is 11.9 Å². The molecule has 0 fully saturated rings. The maximum Gasteiger partial charge on any atom is 0.433 e. The third kappa shape index (κ3) is 6.70. The van der Waals surface area contributed by atoms with Crippen LogP contribution in [0.2, 0.25) is 0 Å². The van der Waals surface area contributed by atoms with Gasteiger partial charge in [-0.25, -0.2) is 0 Å². The van der Waals surface area contributed by atoms with Crippen molar-refractivity contribution in [3.63, 3.8) is 0 Å². The van der Waals surface area contributed by atoms with Gasteiger partial charge in [-0.1, -0.05) is 25.1 Å². The molecule has 1 heterocycles. The summed E-state index contributed by atoms with van der Waals surface area (Å²) in [5.41, 5.74) is 0.573. The first-order valence-corrected chi connectivity index (χ1v) is 8.10. The van der Waals surface area contributed by atoms with E-state index in [0.717, 1.165) is 18.1 Å². The monoisotopic (exact) mass is 355 g/mol. The molecule has 1 aromatic rings. The Bertz CT molecular complexity index is 595. The van der Waals surface area contributed by atoms with Gasteiger partial charge < -0.3 is 10.0 Å². The normalized spacial score (nSPS) is 13.9. The summed E-state index contributed by atoms with van der Waals surface area (Å²) in [5.74, 6) is 0. The molecule has 1 atom stereocenters. The van der Waals surface area contributed by atoms with Gasteiger partial charge in [0.15, 0.2) is 0 Å². The highest BCUT2D eigenvalue weighted by atomic mass is 19.4. The number of nitrogens with zero attached hydrogens (tertiary/aromatic N) is 2. The quantitative estimate of drug-likeness (QED) is 0.397. The van der Waals surface area contributed by atoms with Crippen LogP contribution in [0.4, 0.5) is 13.2 Å². The Labute approximate surface area is 146 Å². The number of aliphatic hydroxyl groups is 1. The predicted molar refractivity (Wildman–Crippen MR) is 92.2 cm³/mol. The van der Waals surface area contributed by atoms with Crippen molar-refractivity contribution in [1.29, 1.82) is 5.41 Å². The molecule has 0 aliphatic rings. The van der Waals surface area contributed by atoms with Crippen LogP contribution in [0.5, 0.6) is 0 Å². The van der Waals surface area contributed by atoms with Crippen molar-refractivity contribution in [2.24, 2.45) is 0 Å². The first-order valence-electron chi connectivity index (χ1n) is 8.10.